The monoisotopic (exact) mass is 331 g/mol. The first-order chi connectivity index (χ1) is 12.3. The van der Waals surface area contributed by atoms with Crippen LogP contribution in [0.1, 0.15) is 11.1 Å². The number of aromatic amines is 1. The molecule has 0 aliphatic rings. The Morgan fingerprint density at radius 2 is 2.12 bits per heavy atom. The summed E-state index contributed by atoms with van der Waals surface area (Å²) in [6.07, 6.45) is 9.26. The summed E-state index contributed by atoms with van der Waals surface area (Å²) in [6, 6.07) is 11.8. The maximum Gasteiger partial charge on any atom is 0.224 e. The van der Waals surface area contributed by atoms with Crippen molar-refractivity contribution in [1.82, 2.24) is 24.8 Å². The van der Waals surface area contributed by atoms with Crippen molar-refractivity contribution in [1.29, 1.82) is 0 Å². The van der Waals surface area contributed by atoms with Gasteiger partial charge in [0, 0.05) is 42.2 Å². The number of nitrogens with zero attached hydrogens (tertiary/aromatic N) is 3. The van der Waals surface area contributed by atoms with Crippen LogP contribution in [0.15, 0.2) is 67.5 Å². The fraction of sp³-hybridized carbons (Fsp3) is 0.105. The van der Waals surface area contributed by atoms with Crippen LogP contribution in [0.5, 0.6) is 0 Å². The lowest BCUT2D eigenvalue weighted by atomic mass is 10.1. The number of H-pyrrole nitrogens is 1. The van der Waals surface area contributed by atoms with Gasteiger partial charge in [-0.15, -0.1) is 0 Å². The fourth-order valence-corrected chi connectivity index (χ4v) is 2.78. The van der Waals surface area contributed by atoms with Crippen LogP contribution in [0.3, 0.4) is 0 Å². The summed E-state index contributed by atoms with van der Waals surface area (Å²) < 4.78 is 1.83. The highest BCUT2D eigenvalue weighted by Crippen LogP contribution is 2.18. The molecule has 0 saturated heterocycles. The number of aromatic nitrogens is 4. The molecular weight excluding hydrogens is 314 g/mol. The predicted octanol–water partition coefficient (Wildman–Crippen LogP) is 2.61. The maximum atomic E-state index is 12.2. The van der Waals surface area contributed by atoms with E-state index in [1.165, 1.54) is 0 Å². The lowest BCUT2D eigenvalue weighted by molar-refractivity contribution is -0.120. The SMILES string of the molecule is O=C(Cc1c[nH]c2ccccc12)NCc1ccc(-n2ccnc2)nc1. The van der Waals surface area contributed by atoms with Gasteiger partial charge in [0.1, 0.15) is 12.1 Å². The van der Waals surface area contributed by atoms with Gasteiger partial charge in [0.15, 0.2) is 0 Å². The minimum atomic E-state index is -0.0107. The third-order valence-corrected chi connectivity index (χ3v) is 4.09. The van der Waals surface area contributed by atoms with Gasteiger partial charge in [0.05, 0.1) is 6.42 Å². The van der Waals surface area contributed by atoms with E-state index in [-0.39, 0.29) is 5.91 Å². The lowest BCUT2D eigenvalue weighted by Crippen LogP contribution is -2.24. The van der Waals surface area contributed by atoms with Crippen molar-refractivity contribution in [3.63, 3.8) is 0 Å². The van der Waals surface area contributed by atoms with Crippen LogP contribution in [0.2, 0.25) is 0 Å². The average Bonchev–Trinajstić information content (AvgIpc) is 3.31. The number of fused-ring (bicyclic) bond motifs is 1. The normalized spacial score (nSPS) is 10.9. The molecule has 0 bridgehead atoms. The molecule has 0 fully saturated rings. The highest BCUT2D eigenvalue weighted by Gasteiger charge is 2.08. The van der Waals surface area contributed by atoms with E-state index >= 15 is 0 Å². The minimum absolute atomic E-state index is 0.0107. The van der Waals surface area contributed by atoms with E-state index in [9.17, 15) is 4.79 Å². The van der Waals surface area contributed by atoms with E-state index in [2.05, 4.69) is 20.3 Å². The molecule has 0 aliphatic carbocycles. The van der Waals surface area contributed by atoms with Gasteiger partial charge in [-0.05, 0) is 23.3 Å². The number of benzene rings is 1. The fourth-order valence-electron chi connectivity index (χ4n) is 2.78. The first-order valence-corrected chi connectivity index (χ1v) is 8.04. The van der Waals surface area contributed by atoms with Gasteiger partial charge < -0.3 is 10.3 Å². The number of rotatable bonds is 5. The highest BCUT2D eigenvalue weighted by molar-refractivity contribution is 5.88. The van der Waals surface area contributed by atoms with Gasteiger partial charge >= 0.3 is 0 Å². The van der Waals surface area contributed by atoms with Crippen molar-refractivity contribution in [2.75, 3.05) is 0 Å². The molecule has 124 valence electrons. The molecule has 0 saturated carbocycles. The molecule has 0 spiro atoms. The van der Waals surface area contributed by atoms with Crippen LogP contribution < -0.4 is 5.32 Å². The molecule has 1 amide bonds. The van der Waals surface area contributed by atoms with Crippen LogP contribution in [-0.4, -0.2) is 25.4 Å². The Bertz CT molecular complexity index is 986. The van der Waals surface area contributed by atoms with E-state index < -0.39 is 0 Å². The summed E-state index contributed by atoms with van der Waals surface area (Å²) in [4.78, 5) is 23.8. The van der Waals surface area contributed by atoms with Crippen molar-refractivity contribution >= 4 is 16.8 Å². The summed E-state index contributed by atoms with van der Waals surface area (Å²) in [5.74, 6) is 0.787. The van der Waals surface area contributed by atoms with Gasteiger partial charge in [-0.2, -0.15) is 0 Å². The van der Waals surface area contributed by atoms with Crippen molar-refractivity contribution in [2.45, 2.75) is 13.0 Å². The van der Waals surface area contributed by atoms with Crippen molar-refractivity contribution in [3.05, 3.63) is 78.6 Å². The molecule has 1 aromatic carbocycles. The zero-order valence-electron chi connectivity index (χ0n) is 13.5. The zero-order chi connectivity index (χ0) is 17.1. The first kappa shape index (κ1) is 15.1. The molecule has 4 rings (SSSR count). The molecule has 3 aromatic heterocycles. The van der Waals surface area contributed by atoms with E-state index in [1.807, 2.05) is 53.4 Å². The second-order valence-electron chi connectivity index (χ2n) is 5.81. The van der Waals surface area contributed by atoms with Gasteiger partial charge in [-0.3, -0.25) is 9.36 Å². The van der Waals surface area contributed by atoms with Crippen LogP contribution in [0.25, 0.3) is 16.7 Å². The van der Waals surface area contributed by atoms with Crippen LogP contribution in [-0.2, 0) is 17.8 Å². The molecule has 3 heterocycles. The van der Waals surface area contributed by atoms with Gasteiger partial charge in [0.2, 0.25) is 5.91 Å². The number of carbonyl (C=O) groups is 1. The molecule has 4 aromatic rings. The van der Waals surface area contributed by atoms with E-state index in [4.69, 9.17) is 0 Å². The van der Waals surface area contributed by atoms with Gasteiger partial charge in [-0.25, -0.2) is 9.97 Å². The Morgan fingerprint density at radius 1 is 1.20 bits per heavy atom. The molecule has 0 aliphatic heterocycles. The number of amides is 1. The molecule has 0 atom stereocenters. The van der Waals surface area contributed by atoms with Crippen molar-refractivity contribution in [3.8, 4) is 5.82 Å². The number of carbonyl (C=O) groups excluding carboxylic acids is 1. The van der Waals surface area contributed by atoms with E-state index in [0.29, 0.717) is 13.0 Å². The smallest absolute Gasteiger partial charge is 0.224 e. The van der Waals surface area contributed by atoms with Gasteiger partial charge in [-0.1, -0.05) is 24.3 Å². The standard InChI is InChI=1S/C19H17N5O/c25-19(9-15-12-21-17-4-2-1-3-16(15)17)23-11-14-5-6-18(22-10-14)24-8-7-20-13-24/h1-8,10,12-13,21H,9,11H2,(H,23,25). The average molecular weight is 331 g/mol. The zero-order valence-corrected chi connectivity index (χ0v) is 13.5. The van der Waals surface area contributed by atoms with Gasteiger partial charge in [0.25, 0.3) is 0 Å². The second-order valence-corrected chi connectivity index (χ2v) is 5.81. The number of nitrogens with one attached hydrogen (secondary N) is 2. The number of pyridine rings is 1. The topological polar surface area (TPSA) is 75.6 Å². The van der Waals surface area contributed by atoms with Crippen LogP contribution >= 0.6 is 0 Å². The molecule has 6 nitrogen and oxygen atoms in total. The Kier molecular flexibility index (Phi) is 4.00. The number of para-hydroxylation sites is 1. The third-order valence-electron chi connectivity index (χ3n) is 4.09. The van der Waals surface area contributed by atoms with Crippen molar-refractivity contribution < 1.29 is 4.79 Å². The predicted molar refractivity (Wildman–Crippen MR) is 95.2 cm³/mol. The summed E-state index contributed by atoms with van der Waals surface area (Å²) >= 11 is 0. The lowest BCUT2D eigenvalue weighted by Gasteiger charge is -2.06. The summed E-state index contributed by atoms with van der Waals surface area (Å²) in [7, 11) is 0. The Balaban J connectivity index is 1.37. The molecular formula is C19H17N5O. The number of imidazole rings is 1. The summed E-state index contributed by atoms with van der Waals surface area (Å²) in [5.41, 5.74) is 3.00. The molecule has 0 unspecified atom stereocenters. The molecule has 0 radical (unpaired) electrons. The Labute approximate surface area is 144 Å². The quantitative estimate of drug-likeness (QED) is 0.590. The maximum absolute atomic E-state index is 12.2. The second kappa shape index (κ2) is 6.60. The molecule has 2 N–H and O–H groups in total. The Hall–Kier alpha value is -3.41. The Morgan fingerprint density at radius 3 is 2.92 bits per heavy atom. The minimum Gasteiger partial charge on any atom is -0.361 e. The molecule has 25 heavy (non-hydrogen) atoms. The summed E-state index contributed by atoms with van der Waals surface area (Å²) in [6.45, 7) is 0.457. The molecule has 6 heteroatoms. The van der Waals surface area contributed by atoms with Crippen LogP contribution in [0, 0.1) is 0 Å². The number of hydrogen-bond acceptors (Lipinski definition) is 3. The third kappa shape index (κ3) is 3.28. The van der Waals surface area contributed by atoms with E-state index in [0.717, 1.165) is 27.8 Å². The number of hydrogen-bond donors (Lipinski definition) is 2. The van der Waals surface area contributed by atoms with Crippen molar-refractivity contribution in [2.24, 2.45) is 0 Å². The largest absolute Gasteiger partial charge is 0.361 e. The highest BCUT2D eigenvalue weighted by atomic mass is 16.1. The van der Waals surface area contributed by atoms with Crippen LogP contribution in [0.4, 0.5) is 0 Å². The van der Waals surface area contributed by atoms with E-state index in [1.54, 1.807) is 18.7 Å². The summed E-state index contributed by atoms with van der Waals surface area (Å²) in [5, 5.41) is 4.03. The first-order valence-electron chi connectivity index (χ1n) is 8.04.